The highest BCUT2D eigenvalue weighted by Crippen LogP contribution is 2.31. The number of Topliss-reactive ketones (excluding diaryl/α,β-unsaturated/α-hetero) is 1. The Kier molecular flexibility index (Phi) is 3.97. The van der Waals surface area contributed by atoms with Gasteiger partial charge in [0, 0.05) is 17.8 Å². The smallest absolute Gasteiger partial charge is 0.398 e. The first-order valence-corrected chi connectivity index (χ1v) is 6.19. The van der Waals surface area contributed by atoms with Crippen LogP contribution >= 0.6 is 0 Å². The molecule has 2 aromatic rings. The Balaban J connectivity index is 2.31. The van der Waals surface area contributed by atoms with Gasteiger partial charge in [-0.15, -0.1) is 0 Å². The monoisotopic (exact) mass is 298 g/mol. The maximum atomic E-state index is 12.7. The van der Waals surface area contributed by atoms with Gasteiger partial charge in [0.1, 0.15) is 12.2 Å². The van der Waals surface area contributed by atoms with Crippen LogP contribution in [0.3, 0.4) is 0 Å². The van der Waals surface area contributed by atoms with Crippen LogP contribution < -0.4 is 5.73 Å². The predicted molar refractivity (Wildman–Crippen MR) is 69.6 cm³/mol. The number of hydrogen-bond donors (Lipinski definition) is 1. The van der Waals surface area contributed by atoms with Crippen molar-refractivity contribution in [3.05, 3.63) is 41.5 Å². The van der Waals surface area contributed by atoms with E-state index in [9.17, 15) is 18.0 Å². The van der Waals surface area contributed by atoms with Crippen molar-refractivity contribution in [1.29, 1.82) is 0 Å². The van der Waals surface area contributed by atoms with E-state index in [2.05, 4.69) is 10.1 Å². The van der Waals surface area contributed by atoms with Gasteiger partial charge in [-0.05, 0) is 25.1 Å². The zero-order valence-electron chi connectivity index (χ0n) is 11.2. The van der Waals surface area contributed by atoms with Gasteiger partial charge in [-0.25, -0.2) is 9.67 Å². The summed E-state index contributed by atoms with van der Waals surface area (Å²) in [4.78, 5) is 16.1. The van der Waals surface area contributed by atoms with Crippen molar-refractivity contribution < 1.29 is 18.0 Å². The van der Waals surface area contributed by atoms with E-state index in [4.69, 9.17) is 5.73 Å². The minimum Gasteiger partial charge on any atom is -0.398 e. The predicted octanol–water partition coefficient (Wildman–Crippen LogP) is 2.32. The standard InChI is InChI=1S/C13H13F3N4O/c1-2-20-12(18-7-19-20)6-11(21)9-5-8(13(14,15)16)3-4-10(9)17/h3-5,7H,2,6,17H2,1H3. The largest absolute Gasteiger partial charge is 0.416 e. The molecule has 8 heteroatoms. The highest BCUT2D eigenvalue weighted by molar-refractivity contribution is 6.01. The van der Waals surface area contributed by atoms with Crippen LogP contribution in [-0.4, -0.2) is 20.5 Å². The molecule has 0 spiro atoms. The van der Waals surface area contributed by atoms with Crippen molar-refractivity contribution in [2.24, 2.45) is 0 Å². The third kappa shape index (κ3) is 3.21. The average Bonchev–Trinajstić information content (AvgIpc) is 2.84. The lowest BCUT2D eigenvalue weighted by Gasteiger charge is -2.10. The molecular weight excluding hydrogens is 285 g/mol. The summed E-state index contributed by atoms with van der Waals surface area (Å²) >= 11 is 0. The van der Waals surface area contributed by atoms with E-state index in [-0.39, 0.29) is 17.7 Å². The Morgan fingerprint density at radius 2 is 2.10 bits per heavy atom. The lowest BCUT2D eigenvalue weighted by Crippen LogP contribution is -2.14. The number of anilines is 1. The van der Waals surface area contributed by atoms with Crippen LogP contribution in [0.4, 0.5) is 18.9 Å². The van der Waals surface area contributed by atoms with E-state index in [0.29, 0.717) is 12.4 Å². The summed E-state index contributed by atoms with van der Waals surface area (Å²) in [6.45, 7) is 2.34. The summed E-state index contributed by atoms with van der Waals surface area (Å²) in [5.74, 6) is -0.138. The summed E-state index contributed by atoms with van der Waals surface area (Å²) in [5, 5.41) is 3.90. The van der Waals surface area contributed by atoms with Gasteiger partial charge in [0.15, 0.2) is 5.78 Å². The molecule has 0 unspecified atom stereocenters. The second-order valence-electron chi connectivity index (χ2n) is 4.39. The number of hydrogen-bond acceptors (Lipinski definition) is 4. The van der Waals surface area contributed by atoms with Crippen LogP contribution in [0.2, 0.25) is 0 Å². The van der Waals surface area contributed by atoms with E-state index in [1.165, 1.54) is 11.0 Å². The van der Waals surface area contributed by atoms with Crippen LogP contribution in [0.25, 0.3) is 0 Å². The SMILES string of the molecule is CCn1ncnc1CC(=O)c1cc(C(F)(F)F)ccc1N. The first kappa shape index (κ1) is 15.0. The van der Waals surface area contributed by atoms with Gasteiger partial charge < -0.3 is 5.73 Å². The molecule has 0 aliphatic rings. The third-order valence-electron chi connectivity index (χ3n) is 2.99. The molecule has 0 aliphatic heterocycles. The third-order valence-corrected chi connectivity index (χ3v) is 2.99. The lowest BCUT2D eigenvalue weighted by molar-refractivity contribution is -0.137. The Morgan fingerprint density at radius 3 is 2.71 bits per heavy atom. The molecule has 0 saturated heterocycles. The van der Waals surface area contributed by atoms with Gasteiger partial charge in [-0.1, -0.05) is 0 Å². The minimum atomic E-state index is -4.52. The van der Waals surface area contributed by atoms with Gasteiger partial charge in [0.25, 0.3) is 0 Å². The van der Waals surface area contributed by atoms with E-state index in [1.807, 2.05) is 6.92 Å². The Labute approximate surface area is 118 Å². The molecule has 21 heavy (non-hydrogen) atoms. The summed E-state index contributed by atoms with van der Waals surface area (Å²) < 4.78 is 39.5. The highest BCUT2D eigenvalue weighted by Gasteiger charge is 2.31. The van der Waals surface area contributed by atoms with Gasteiger partial charge in [0.05, 0.1) is 12.0 Å². The van der Waals surface area contributed by atoms with Gasteiger partial charge in [-0.3, -0.25) is 4.79 Å². The number of nitrogen functional groups attached to an aromatic ring is 1. The molecule has 1 heterocycles. The molecule has 112 valence electrons. The molecule has 0 aliphatic carbocycles. The maximum absolute atomic E-state index is 12.7. The number of nitrogens with two attached hydrogens (primary N) is 1. The molecule has 2 rings (SSSR count). The zero-order chi connectivity index (χ0) is 15.6. The molecule has 1 aromatic carbocycles. The first-order valence-electron chi connectivity index (χ1n) is 6.19. The number of nitrogens with zero attached hydrogens (tertiary/aromatic N) is 3. The van der Waals surface area contributed by atoms with E-state index < -0.39 is 17.5 Å². The second-order valence-corrected chi connectivity index (χ2v) is 4.39. The van der Waals surface area contributed by atoms with E-state index in [1.54, 1.807) is 0 Å². The summed E-state index contributed by atoms with van der Waals surface area (Å²) in [7, 11) is 0. The Hall–Kier alpha value is -2.38. The van der Waals surface area contributed by atoms with Gasteiger partial charge >= 0.3 is 6.18 Å². The first-order chi connectivity index (χ1) is 9.82. The van der Waals surface area contributed by atoms with Crippen molar-refractivity contribution in [3.63, 3.8) is 0 Å². The van der Waals surface area contributed by atoms with Crippen molar-refractivity contribution in [3.8, 4) is 0 Å². The molecule has 0 amide bonds. The molecule has 5 nitrogen and oxygen atoms in total. The topological polar surface area (TPSA) is 73.8 Å². The van der Waals surface area contributed by atoms with Crippen LogP contribution in [0.1, 0.15) is 28.7 Å². The Bertz CT molecular complexity index is 664. The fraction of sp³-hybridized carbons (Fsp3) is 0.308. The number of aromatic nitrogens is 3. The zero-order valence-corrected chi connectivity index (χ0v) is 11.2. The highest BCUT2D eigenvalue weighted by atomic mass is 19.4. The van der Waals surface area contributed by atoms with Crippen molar-refractivity contribution >= 4 is 11.5 Å². The number of carbonyl (C=O) groups is 1. The number of rotatable bonds is 4. The molecule has 0 fully saturated rings. The molecular formula is C13H13F3N4O. The van der Waals surface area contributed by atoms with Crippen molar-refractivity contribution in [2.45, 2.75) is 26.1 Å². The maximum Gasteiger partial charge on any atom is 0.416 e. The molecule has 0 atom stereocenters. The lowest BCUT2D eigenvalue weighted by atomic mass is 10.0. The fourth-order valence-electron chi connectivity index (χ4n) is 1.90. The van der Waals surface area contributed by atoms with Crippen LogP contribution in [0.5, 0.6) is 0 Å². The normalized spacial score (nSPS) is 11.6. The van der Waals surface area contributed by atoms with Gasteiger partial charge in [-0.2, -0.15) is 18.3 Å². The number of alkyl halides is 3. The number of aryl methyl sites for hydroxylation is 1. The quantitative estimate of drug-likeness (QED) is 0.694. The minimum absolute atomic E-state index is 0.00978. The fourth-order valence-corrected chi connectivity index (χ4v) is 1.90. The van der Waals surface area contributed by atoms with Crippen molar-refractivity contribution in [2.75, 3.05) is 5.73 Å². The summed E-state index contributed by atoms with van der Waals surface area (Å²) in [6.07, 6.45) is -3.38. The number of ketones is 1. The average molecular weight is 298 g/mol. The van der Waals surface area contributed by atoms with Gasteiger partial charge in [0.2, 0.25) is 0 Å². The van der Waals surface area contributed by atoms with Crippen LogP contribution in [0, 0.1) is 0 Å². The van der Waals surface area contributed by atoms with E-state index in [0.717, 1.165) is 18.2 Å². The Morgan fingerprint density at radius 1 is 1.38 bits per heavy atom. The number of halogens is 3. The van der Waals surface area contributed by atoms with Crippen LogP contribution in [0.15, 0.2) is 24.5 Å². The summed E-state index contributed by atoms with van der Waals surface area (Å²) in [5.41, 5.74) is 4.55. The number of carbonyl (C=O) groups excluding carboxylic acids is 1. The molecule has 0 radical (unpaired) electrons. The summed E-state index contributed by atoms with van der Waals surface area (Å²) in [6, 6.07) is 2.70. The molecule has 2 N–H and O–H groups in total. The van der Waals surface area contributed by atoms with Crippen molar-refractivity contribution in [1.82, 2.24) is 14.8 Å². The molecule has 1 aromatic heterocycles. The van der Waals surface area contributed by atoms with E-state index >= 15 is 0 Å². The number of benzene rings is 1. The van der Waals surface area contributed by atoms with Crippen LogP contribution in [-0.2, 0) is 19.1 Å². The molecule has 0 bridgehead atoms. The molecule has 0 saturated carbocycles. The second kappa shape index (κ2) is 5.55.